The topological polar surface area (TPSA) is 32.3 Å². The van der Waals surface area contributed by atoms with Crippen molar-refractivity contribution in [1.29, 1.82) is 0 Å². The summed E-state index contributed by atoms with van der Waals surface area (Å²) in [6, 6.07) is 8.91. The summed E-state index contributed by atoms with van der Waals surface area (Å²) in [6.07, 6.45) is 1.99. The van der Waals surface area contributed by atoms with E-state index < -0.39 is 0 Å². The number of halogens is 1. The maximum absolute atomic E-state index is 13.1. The summed E-state index contributed by atoms with van der Waals surface area (Å²) in [5, 5.41) is 3.28. The summed E-state index contributed by atoms with van der Waals surface area (Å²) < 4.78 is 13.1. The fourth-order valence-corrected chi connectivity index (χ4v) is 4.15. The van der Waals surface area contributed by atoms with Crippen molar-refractivity contribution >= 4 is 17.2 Å². The molecule has 1 aliphatic rings. The molecule has 1 aromatic heterocycles. The summed E-state index contributed by atoms with van der Waals surface area (Å²) in [7, 11) is 1.97. The van der Waals surface area contributed by atoms with Crippen LogP contribution in [0.2, 0.25) is 0 Å². The Hall–Kier alpha value is -1.72. The molecule has 1 amide bonds. The van der Waals surface area contributed by atoms with Gasteiger partial charge in [-0.2, -0.15) is 0 Å². The summed E-state index contributed by atoms with van der Waals surface area (Å²) in [6.45, 7) is 3.60. The van der Waals surface area contributed by atoms with Gasteiger partial charge in [-0.25, -0.2) is 4.39 Å². The number of rotatable bonds is 3. The molecule has 2 heterocycles. The number of piperidine rings is 1. The molecule has 0 saturated carbocycles. The number of aryl methyl sites for hydroxylation is 1. The predicted octanol–water partition coefficient (Wildman–Crippen LogP) is 3.69. The molecule has 0 radical (unpaired) electrons. The van der Waals surface area contributed by atoms with Crippen LogP contribution < -0.4 is 5.32 Å². The first-order valence-electron chi connectivity index (χ1n) is 7.91. The van der Waals surface area contributed by atoms with Crippen LogP contribution in [0.3, 0.4) is 0 Å². The number of nitrogens with one attached hydrogen (secondary N) is 1. The highest BCUT2D eigenvalue weighted by Crippen LogP contribution is 2.33. The van der Waals surface area contributed by atoms with Gasteiger partial charge in [0.15, 0.2) is 0 Å². The number of likely N-dealkylation sites (tertiary alicyclic amines) is 1. The minimum atomic E-state index is -0.244. The minimum absolute atomic E-state index is 0.112. The van der Waals surface area contributed by atoms with Gasteiger partial charge in [-0.05, 0) is 56.1 Å². The molecule has 5 heteroatoms. The molecule has 2 aromatic rings. The van der Waals surface area contributed by atoms with Gasteiger partial charge in [0.05, 0.1) is 4.88 Å². The zero-order valence-electron chi connectivity index (χ0n) is 13.4. The lowest BCUT2D eigenvalue weighted by Crippen LogP contribution is -2.43. The molecule has 122 valence electrons. The SMILES string of the molecule is CNC1CCN(C(=O)c2cc(C)c(-c3ccc(F)cc3)s2)CC1. The Morgan fingerprint density at radius 3 is 2.52 bits per heavy atom. The van der Waals surface area contributed by atoms with Gasteiger partial charge >= 0.3 is 0 Å². The number of amides is 1. The van der Waals surface area contributed by atoms with Gasteiger partial charge in [0.1, 0.15) is 5.82 Å². The van der Waals surface area contributed by atoms with Crippen LogP contribution in [-0.4, -0.2) is 37.0 Å². The van der Waals surface area contributed by atoms with Crippen molar-refractivity contribution in [2.75, 3.05) is 20.1 Å². The third-order valence-electron chi connectivity index (χ3n) is 4.43. The lowest BCUT2D eigenvalue weighted by molar-refractivity contribution is 0.0712. The average Bonchev–Trinajstić information content (AvgIpc) is 2.97. The van der Waals surface area contributed by atoms with Crippen LogP contribution in [0, 0.1) is 12.7 Å². The smallest absolute Gasteiger partial charge is 0.263 e. The Balaban J connectivity index is 1.78. The van der Waals surface area contributed by atoms with E-state index in [0.29, 0.717) is 6.04 Å². The first-order valence-corrected chi connectivity index (χ1v) is 8.73. The van der Waals surface area contributed by atoms with E-state index in [9.17, 15) is 9.18 Å². The van der Waals surface area contributed by atoms with Crippen molar-refractivity contribution in [3.05, 3.63) is 46.6 Å². The Morgan fingerprint density at radius 1 is 1.26 bits per heavy atom. The lowest BCUT2D eigenvalue weighted by Gasteiger charge is -2.31. The quantitative estimate of drug-likeness (QED) is 0.930. The van der Waals surface area contributed by atoms with E-state index in [1.54, 1.807) is 12.1 Å². The second kappa shape index (κ2) is 6.81. The summed E-state index contributed by atoms with van der Waals surface area (Å²) >= 11 is 1.50. The van der Waals surface area contributed by atoms with E-state index in [0.717, 1.165) is 46.8 Å². The van der Waals surface area contributed by atoms with Gasteiger partial charge < -0.3 is 10.2 Å². The molecule has 3 rings (SSSR count). The van der Waals surface area contributed by atoms with E-state index in [1.165, 1.54) is 23.5 Å². The van der Waals surface area contributed by atoms with E-state index in [-0.39, 0.29) is 11.7 Å². The molecule has 0 unspecified atom stereocenters. The normalized spacial score (nSPS) is 15.9. The third-order valence-corrected chi connectivity index (χ3v) is 5.70. The standard InChI is InChI=1S/C18H21FN2OS/c1-12-11-16(18(22)21-9-7-15(20-2)8-10-21)23-17(12)13-3-5-14(19)6-4-13/h3-6,11,15,20H,7-10H2,1-2H3. The van der Waals surface area contributed by atoms with Crippen molar-refractivity contribution < 1.29 is 9.18 Å². The van der Waals surface area contributed by atoms with Crippen LogP contribution in [0.15, 0.2) is 30.3 Å². The zero-order chi connectivity index (χ0) is 16.4. The maximum Gasteiger partial charge on any atom is 0.263 e. The molecule has 0 aliphatic carbocycles. The van der Waals surface area contributed by atoms with Gasteiger partial charge in [-0.1, -0.05) is 12.1 Å². The van der Waals surface area contributed by atoms with E-state index in [1.807, 2.05) is 24.9 Å². The Bertz CT molecular complexity index is 688. The van der Waals surface area contributed by atoms with Gasteiger partial charge in [0.25, 0.3) is 5.91 Å². The van der Waals surface area contributed by atoms with Crippen LogP contribution >= 0.6 is 11.3 Å². The number of carbonyl (C=O) groups is 1. The highest BCUT2D eigenvalue weighted by Gasteiger charge is 2.24. The molecule has 1 N–H and O–H groups in total. The first-order chi connectivity index (χ1) is 11.1. The van der Waals surface area contributed by atoms with Crippen LogP contribution in [0.1, 0.15) is 28.1 Å². The summed E-state index contributed by atoms with van der Waals surface area (Å²) in [4.78, 5) is 16.4. The van der Waals surface area contributed by atoms with Crippen molar-refractivity contribution in [2.45, 2.75) is 25.8 Å². The lowest BCUT2D eigenvalue weighted by atomic mass is 10.1. The van der Waals surface area contributed by atoms with E-state index >= 15 is 0 Å². The molecule has 0 atom stereocenters. The first kappa shape index (κ1) is 16.1. The summed E-state index contributed by atoms with van der Waals surface area (Å²) in [5.74, 6) is -0.132. The molecule has 1 aliphatic heterocycles. The second-order valence-electron chi connectivity index (χ2n) is 5.98. The second-order valence-corrected chi connectivity index (χ2v) is 7.04. The molecule has 3 nitrogen and oxygen atoms in total. The van der Waals surface area contributed by atoms with Crippen LogP contribution in [0.5, 0.6) is 0 Å². The van der Waals surface area contributed by atoms with Crippen molar-refractivity contribution in [3.63, 3.8) is 0 Å². The summed E-state index contributed by atoms with van der Waals surface area (Å²) in [5.41, 5.74) is 2.02. The molecule has 1 fully saturated rings. The van der Waals surface area contributed by atoms with Gasteiger partial charge in [0, 0.05) is 24.0 Å². The van der Waals surface area contributed by atoms with Crippen LogP contribution in [-0.2, 0) is 0 Å². The van der Waals surface area contributed by atoms with Crippen LogP contribution in [0.25, 0.3) is 10.4 Å². The van der Waals surface area contributed by atoms with Crippen molar-refractivity contribution in [2.24, 2.45) is 0 Å². The number of hydrogen-bond donors (Lipinski definition) is 1. The number of benzene rings is 1. The zero-order valence-corrected chi connectivity index (χ0v) is 14.3. The molecule has 0 bridgehead atoms. The fraction of sp³-hybridized carbons (Fsp3) is 0.389. The van der Waals surface area contributed by atoms with Gasteiger partial charge in [-0.15, -0.1) is 11.3 Å². The predicted molar refractivity (Wildman–Crippen MR) is 92.4 cm³/mol. The van der Waals surface area contributed by atoms with E-state index in [4.69, 9.17) is 0 Å². The third kappa shape index (κ3) is 3.46. The maximum atomic E-state index is 13.1. The van der Waals surface area contributed by atoms with Gasteiger partial charge in [0.2, 0.25) is 0 Å². The molecular weight excluding hydrogens is 311 g/mol. The van der Waals surface area contributed by atoms with Gasteiger partial charge in [-0.3, -0.25) is 4.79 Å². The highest BCUT2D eigenvalue weighted by molar-refractivity contribution is 7.17. The van der Waals surface area contributed by atoms with E-state index in [2.05, 4.69) is 5.32 Å². The number of hydrogen-bond acceptors (Lipinski definition) is 3. The largest absolute Gasteiger partial charge is 0.338 e. The van der Waals surface area contributed by atoms with Crippen molar-refractivity contribution in [1.82, 2.24) is 10.2 Å². The van der Waals surface area contributed by atoms with Crippen molar-refractivity contribution in [3.8, 4) is 10.4 Å². The molecule has 1 saturated heterocycles. The monoisotopic (exact) mass is 332 g/mol. The minimum Gasteiger partial charge on any atom is -0.338 e. The van der Waals surface area contributed by atoms with Crippen LogP contribution in [0.4, 0.5) is 4.39 Å². The average molecular weight is 332 g/mol. The number of carbonyl (C=O) groups excluding carboxylic acids is 1. The highest BCUT2D eigenvalue weighted by atomic mass is 32.1. The molecular formula is C18H21FN2OS. The molecule has 0 spiro atoms. The number of thiophene rings is 1. The fourth-order valence-electron chi connectivity index (χ4n) is 3.00. The Labute approximate surface area is 140 Å². The molecule has 1 aromatic carbocycles. The Morgan fingerprint density at radius 2 is 1.91 bits per heavy atom. The Kier molecular flexibility index (Phi) is 4.78. The molecule has 23 heavy (non-hydrogen) atoms. The number of nitrogens with zero attached hydrogens (tertiary/aromatic N) is 1.